The van der Waals surface area contributed by atoms with Gasteiger partial charge in [0.2, 0.25) is 0 Å². The summed E-state index contributed by atoms with van der Waals surface area (Å²) >= 11 is 0. The van der Waals surface area contributed by atoms with Gasteiger partial charge in [0.1, 0.15) is 31.0 Å². The number of rotatable bonds is 41. The van der Waals surface area contributed by atoms with Crippen molar-refractivity contribution < 1.29 is 49.0 Å². The summed E-state index contributed by atoms with van der Waals surface area (Å²) in [6, 6.07) is 0. The molecule has 6 unspecified atom stereocenters. The molecule has 0 saturated carbocycles. The molecule has 1 saturated heterocycles. The van der Waals surface area contributed by atoms with Crippen molar-refractivity contribution in [2.24, 2.45) is 0 Å². The molecule has 4 N–H and O–H groups in total. The summed E-state index contributed by atoms with van der Waals surface area (Å²) in [5.41, 5.74) is 0. The van der Waals surface area contributed by atoms with E-state index in [1.54, 1.807) is 0 Å². The average Bonchev–Trinajstić information content (AvgIpc) is 3.26. The molecule has 10 heteroatoms. The smallest absolute Gasteiger partial charge is 0.306 e. The summed E-state index contributed by atoms with van der Waals surface area (Å²) in [4.78, 5) is 25.4. The zero-order chi connectivity index (χ0) is 44.4. The summed E-state index contributed by atoms with van der Waals surface area (Å²) in [5, 5.41) is 40.2. The van der Waals surface area contributed by atoms with Crippen LogP contribution < -0.4 is 0 Å². The van der Waals surface area contributed by atoms with Gasteiger partial charge in [-0.1, -0.05) is 191 Å². The Morgan fingerprint density at radius 3 is 1.46 bits per heavy atom. The lowest BCUT2D eigenvalue weighted by molar-refractivity contribution is -0.305. The van der Waals surface area contributed by atoms with Gasteiger partial charge in [-0.25, -0.2) is 0 Å². The highest BCUT2D eigenvalue weighted by molar-refractivity contribution is 5.70. The van der Waals surface area contributed by atoms with E-state index in [4.69, 9.17) is 18.9 Å². The van der Waals surface area contributed by atoms with Crippen molar-refractivity contribution in [3.05, 3.63) is 48.6 Å². The van der Waals surface area contributed by atoms with Gasteiger partial charge in [-0.05, 0) is 51.4 Å². The third-order valence-electron chi connectivity index (χ3n) is 11.2. The van der Waals surface area contributed by atoms with Gasteiger partial charge < -0.3 is 39.4 Å². The van der Waals surface area contributed by atoms with Crippen LogP contribution in [0.25, 0.3) is 0 Å². The van der Waals surface area contributed by atoms with Gasteiger partial charge in [0.05, 0.1) is 13.2 Å². The van der Waals surface area contributed by atoms with E-state index in [9.17, 15) is 30.0 Å². The second kappa shape index (κ2) is 41.7. The minimum Gasteiger partial charge on any atom is -0.462 e. The zero-order valence-electron chi connectivity index (χ0n) is 38.7. The highest BCUT2D eigenvalue weighted by atomic mass is 16.7. The lowest BCUT2D eigenvalue weighted by Crippen LogP contribution is -2.59. The molecule has 354 valence electrons. The first kappa shape index (κ1) is 56.7. The number of hydrogen-bond donors (Lipinski definition) is 4. The number of aliphatic hydroxyl groups excluding tert-OH is 4. The van der Waals surface area contributed by atoms with Crippen molar-refractivity contribution in [3.63, 3.8) is 0 Å². The van der Waals surface area contributed by atoms with Gasteiger partial charge in [0.25, 0.3) is 0 Å². The van der Waals surface area contributed by atoms with Gasteiger partial charge in [-0.3, -0.25) is 9.59 Å². The molecule has 0 amide bonds. The lowest BCUT2D eigenvalue weighted by atomic mass is 9.99. The topological polar surface area (TPSA) is 152 Å². The van der Waals surface area contributed by atoms with E-state index >= 15 is 0 Å². The third-order valence-corrected chi connectivity index (χ3v) is 11.2. The number of carbonyl (C=O) groups is 2. The second-order valence-corrected chi connectivity index (χ2v) is 16.9. The Morgan fingerprint density at radius 1 is 0.525 bits per heavy atom. The summed E-state index contributed by atoms with van der Waals surface area (Å²) in [6.45, 7) is 3.32. The standard InChI is InChI=1S/C51H90O10/c1-3-5-7-9-11-13-15-17-19-20-21-22-23-24-26-28-30-32-34-36-38-40-47(54)60-44(43-59-51-50(57)49(56)48(55)45(41-52)61-51)42-58-46(53)39-37-35-33-31-29-27-25-18-16-14-12-10-8-6-4-2/h5,7,11,13,17,19,21-22,44-45,48-52,55-57H,3-4,6,8-10,12,14-16,18,20,23-43H2,1-2H3/b7-5-,13-11-,19-17-,22-21-. The van der Waals surface area contributed by atoms with Crippen LogP contribution in [0.2, 0.25) is 0 Å². The molecule has 0 radical (unpaired) electrons. The normalized spacial score (nSPS) is 20.1. The molecule has 0 bridgehead atoms. The SMILES string of the molecule is CC/C=C\C/C=C\C/C=C\C/C=C\CCCCCCCCCCC(=O)OC(COC(=O)CCCCCCCCCCCCCCCCC)COC1OC(CO)C(O)C(O)C1O. The van der Waals surface area contributed by atoms with E-state index in [0.29, 0.717) is 6.42 Å². The van der Waals surface area contributed by atoms with Gasteiger partial charge in [-0.2, -0.15) is 0 Å². The maximum atomic E-state index is 12.8. The number of esters is 2. The summed E-state index contributed by atoms with van der Waals surface area (Å²) in [6.07, 6.45) is 42.5. The quantitative estimate of drug-likeness (QED) is 0.0265. The molecule has 6 atom stereocenters. The fourth-order valence-corrected chi connectivity index (χ4v) is 7.36. The Bertz CT molecular complexity index is 1130. The Balaban J connectivity index is 2.28. The average molecular weight is 863 g/mol. The van der Waals surface area contributed by atoms with Crippen LogP contribution >= 0.6 is 0 Å². The molecule has 1 rings (SSSR count). The van der Waals surface area contributed by atoms with Gasteiger partial charge in [0, 0.05) is 12.8 Å². The molecule has 1 aliphatic heterocycles. The van der Waals surface area contributed by atoms with Gasteiger partial charge >= 0.3 is 11.9 Å². The van der Waals surface area contributed by atoms with Crippen LogP contribution in [0.1, 0.15) is 206 Å². The largest absolute Gasteiger partial charge is 0.462 e. The van der Waals surface area contributed by atoms with E-state index in [1.165, 1.54) is 103 Å². The zero-order valence-corrected chi connectivity index (χ0v) is 38.7. The molecule has 1 fully saturated rings. The molecule has 10 nitrogen and oxygen atoms in total. The second-order valence-electron chi connectivity index (χ2n) is 16.9. The molecule has 0 aromatic carbocycles. The summed E-state index contributed by atoms with van der Waals surface area (Å²) in [5.74, 6) is -0.810. The summed E-state index contributed by atoms with van der Waals surface area (Å²) in [7, 11) is 0. The van der Waals surface area contributed by atoms with Crippen molar-refractivity contribution in [3.8, 4) is 0 Å². The van der Waals surface area contributed by atoms with Crippen molar-refractivity contribution in [1.82, 2.24) is 0 Å². The molecule has 0 aromatic heterocycles. The van der Waals surface area contributed by atoms with Crippen LogP contribution in [0.5, 0.6) is 0 Å². The van der Waals surface area contributed by atoms with E-state index in [-0.39, 0.29) is 32.0 Å². The third kappa shape index (κ3) is 32.9. The number of carbonyl (C=O) groups excluding carboxylic acids is 2. The van der Waals surface area contributed by atoms with Crippen LogP contribution in [0, 0.1) is 0 Å². The fraction of sp³-hybridized carbons (Fsp3) is 0.804. The molecule has 0 spiro atoms. The number of allylic oxidation sites excluding steroid dienone is 8. The van der Waals surface area contributed by atoms with E-state index in [1.807, 2.05) is 0 Å². The van der Waals surface area contributed by atoms with E-state index in [0.717, 1.165) is 70.6 Å². The van der Waals surface area contributed by atoms with Crippen molar-refractivity contribution in [1.29, 1.82) is 0 Å². The Hall–Kier alpha value is -2.34. The Kier molecular flexibility index (Phi) is 38.7. The molecular weight excluding hydrogens is 773 g/mol. The molecule has 0 aromatic rings. The maximum Gasteiger partial charge on any atom is 0.306 e. The molecule has 61 heavy (non-hydrogen) atoms. The van der Waals surface area contributed by atoms with Crippen molar-refractivity contribution >= 4 is 11.9 Å². The number of hydrogen-bond acceptors (Lipinski definition) is 10. The summed E-state index contributed by atoms with van der Waals surface area (Å²) < 4.78 is 22.2. The minimum atomic E-state index is -1.60. The number of ether oxygens (including phenoxy) is 4. The first-order valence-electron chi connectivity index (χ1n) is 24.7. The Labute approximate surface area is 371 Å². The highest BCUT2D eigenvalue weighted by Gasteiger charge is 2.44. The van der Waals surface area contributed by atoms with Crippen LogP contribution in [-0.2, 0) is 28.5 Å². The predicted molar refractivity (Wildman–Crippen MR) is 247 cm³/mol. The highest BCUT2D eigenvalue weighted by Crippen LogP contribution is 2.23. The van der Waals surface area contributed by atoms with Crippen LogP contribution in [0.4, 0.5) is 0 Å². The van der Waals surface area contributed by atoms with Crippen molar-refractivity contribution in [2.45, 2.75) is 243 Å². The van der Waals surface area contributed by atoms with E-state index < -0.39 is 49.4 Å². The fourth-order valence-electron chi connectivity index (χ4n) is 7.36. The van der Waals surface area contributed by atoms with E-state index in [2.05, 4.69) is 62.5 Å². The predicted octanol–water partition coefficient (Wildman–Crippen LogP) is 11.2. The van der Waals surface area contributed by atoms with Gasteiger partial charge in [0.15, 0.2) is 12.4 Å². The van der Waals surface area contributed by atoms with Crippen molar-refractivity contribution in [2.75, 3.05) is 19.8 Å². The number of aliphatic hydroxyl groups is 4. The maximum absolute atomic E-state index is 12.8. The monoisotopic (exact) mass is 863 g/mol. The molecule has 1 aliphatic rings. The van der Waals surface area contributed by atoms with Crippen LogP contribution in [0.15, 0.2) is 48.6 Å². The molecular formula is C51H90O10. The van der Waals surface area contributed by atoms with Crippen LogP contribution in [-0.4, -0.2) is 89.0 Å². The van der Waals surface area contributed by atoms with Crippen LogP contribution in [0.3, 0.4) is 0 Å². The lowest BCUT2D eigenvalue weighted by Gasteiger charge is -2.39. The number of unbranched alkanes of at least 4 members (excludes halogenated alkanes) is 22. The minimum absolute atomic E-state index is 0.219. The first-order valence-corrected chi connectivity index (χ1v) is 24.7. The van der Waals surface area contributed by atoms with Gasteiger partial charge in [-0.15, -0.1) is 0 Å². The Morgan fingerprint density at radius 2 is 0.967 bits per heavy atom. The first-order chi connectivity index (χ1) is 29.8. The molecule has 1 heterocycles. The molecule has 0 aliphatic carbocycles.